The molecule has 1 heterocycles. The van der Waals surface area contributed by atoms with E-state index in [1.165, 1.54) is 10.4 Å². The van der Waals surface area contributed by atoms with Gasteiger partial charge in [-0.2, -0.15) is 5.10 Å². The number of amides is 1. The smallest absolute Gasteiger partial charge is 0.277 e. The summed E-state index contributed by atoms with van der Waals surface area (Å²) in [5.74, 6) is 0.411. The van der Waals surface area contributed by atoms with Crippen molar-refractivity contribution >= 4 is 23.0 Å². The average Bonchev–Trinajstić information content (AvgIpc) is 2.97. The zero-order valence-electron chi connectivity index (χ0n) is 13.1. The van der Waals surface area contributed by atoms with E-state index >= 15 is 0 Å². The zero-order chi connectivity index (χ0) is 15.9. The molecular weight excluding hydrogens is 296 g/mol. The normalized spacial score (nSPS) is 11.3. The number of hydrogen-bond donors (Lipinski definition) is 1. The van der Waals surface area contributed by atoms with Gasteiger partial charge in [0.1, 0.15) is 5.75 Å². The lowest BCUT2D eigenvalue weighted by Gasteiger charge is -2.06. The number of benzene rings is 1. The Hall–Kier alpha value is -2.14. The fraction of sp³-hybridized carbons (Fsp3) is 0.294. The van der Waals surface area contributed by atoms with Crippen molar-refractivity contribution in [2.75, 3.05) is 6.61 Å². The standard InChI is InChI=1S/C17H20N2O2S/c1-4-14-6-8-15(9-7-14)21-11-17(20)19-18-13(3)16-10-5-12(2)22-16/h5-10H,4,11H2,1-3H3,(H,19,20)/b18-13-. The summed E-state index contributed by atoms with van der Waals surface area (Å²) in [6, 6.07) is 11.8. The molecule has 1 N–H and O–H groups in total. The lowest BCUT2D eigenvalue weighted by Crippen LogP contribution is -2.25. The predicted molar refractivity (Wildman–Crippen MR) is 90.7 cm³/mol. The molecular formula is C17H20N2O2S. The second-order valence-electron chi connectivity index (χ2n) is 4.93. The van der Waals surface area contributed by atoms with Crippen molar-refractivity contribution in [1.29, 1.82) is 0 Å². The molecule has 2 rings (SSSR count). The molecule has 0 radical (unpaired) electrons. The monoisotopic (exact) mass is 316 g/mol. The molecule has 1 aromatic heterocycles. The number of hydrazone groups is 1. The Labute approximate surface area is 134 Å². The summed E-state index contributed by atoms with van der Waals surface area (Å²) in [6.45, 7) is 5.96. The summed E-state index contributed by atoms with van der Waals surface area (Å²) in [7, 11) is 0. The predicted octanol–water partition coefficient (Wildman–Crippen LogP) is 3.54. The number of carbonyl (C=O) groups excluding carboxylic acids is 1. The number of ether oxygens (including phenoxy) is 1. The molecule has 0 aliphatic heterocycles. The molecule has 0 aliphatic rings. The Bertz CT molecular complexity index is 660. The van der Waals surface area contributed by atoms with Crippen molar-refractivity contribution < 1.29 is 9.53 Å². The summed E-state index contributed by atoms with van der Waals surface area (Å²) in [6.07, 6.45) is 0.983. The molecule has 5 heteroatoms. The van der Waals surface area contributed by atoms with E-state index in [1.807, 2.05) is 50.2 Å². The molecule has 22 heavy (non-hydrogen) atoms. The second-order valence-corrected chi connectivity index (χ2v) is 6.22. The van der Waals surface area contributed by atoms with Crippen LogP contribution in [0.15, 0.2) is 41.5 Å². The van der Waals surface area contributed by atoms with Gasteiger partial charge in [-0.15, -0.1) is 11.3 Å². The molecule has 0 bridgehead atoms. The summed E-state index contributed by atoms with van der Waals surface area (Å²) >= 11 is 1.65. The van der Waals surface area contributed by atoms with Gasteiger partial charge in [0.2, 0.25) is 0 Å². The number of hydrogen-bond acceptors (Lipinski definition) is 4. The molecule has 0 unspecified atom stereocenters. The van der Waals surface area contributed by atoms with Gasteiger partial charge in [-0.1, -0.05) is 19.1 Å². The first-order chi connectivity index (χ1) is 10.6. The first-order valence-electron chi connectivity index (χ1n) is 7.20. The first-order valence-corrected chi connectivity index (χ1v) is 8.02. The average molecular weight is 316 g/mol. The van der Waals surface area contributed by atoms with Crippen molar-refractivity contribution in [2.45, 2.75) is 27.2 Å². The van der Waals surface area contributed by atoms with Crippen LogP contribution in [0.25, 0.3) is 0 Å². The topological polar surface area (TPSA) is 50.7 Å². The number of thiophene rings is 1. The summed E-state index contributed by atoms with van der Waals surface area (Å²) in [5.41, 5.74) is 4.54. The number of carbonyl (C=O) groups is 1. The Balaban J connectivity index is 1.82. The zero-order valence-corrected chi connectivity index (χ0v) is 13.9. The van der Waals surface area contributed by atoms with Gasteiger partial charge in [0.05, 0.1) is 10.6 Å². The van der Waals surface area contributed by atoms with E-state index in [4.69, 9.17) is 4.74 Å². The van der Waals surface area contributed by atoms with Crippen LogP contribution < -0.4 is 10.2 Å². The summed E-state index contributed by atoms with van der Waals surface area (Å²) in [4.78, 5) is 14.0. The Kier molecular flexibility index (Phi) is 5.72. The van der Waals surface area contributed by atoms with Crippen LogP contribution in [0.5, 0.6) is 5.75 Å². The lowest BCUT2D eigenvalue weighted by atomic mass is 10.2. The van der Waals surface area contributed by atoms with Crippen molar-refractivity contribution in [2.24, 2.45) is 5.10 Å². The second kappa shape index (κ2) is 7.75. The molecule has 0 saturated heterocycles. The van der Waals surface area contributed by atoms with Crippen molar-refractivity contribution in [3.8, 4) is 5.75 Å². The summed E-state index contributed by atoms with van der Waals surface area (Å²) in [5, 5.41) is 4.09. The third kappa shape index (κ3) is 4.70. The number of rotatable bonds is 6. The van der Waals surface area contributed by atoms with E-state index < -0.39 is 0 Å². The lowest BCUT2D eigenvalue weighted by molar-refractivity contribution is -0.123. The third-order valence-corrected chi connectivity index (χ3v) is 4.26. The SMILES string of the molecule is CCc1ccc(OCC(=O)N/N=C(/C)c2ccc(C)s2)cc1. The van der Waals surface area contributed by atoms with Crippen LogP contribution in [0.2, 0.25) is 0 Å². The van der Waals surface area contributed by atoms with Crippen LogP contribution in [-0.2, 0) is 11.2 Å². The van der Waals surface area contributed by atoms with Crippen LogP contribution in [0.1, 0.15) is 29.2 Å². The molecule has 1 amide bonds. The third-order valence-electron chi connectivity index (χ3n) is 3.15. The fourth-order valence-corrected chi connectivity index (χ4v) is 2.65. The minimum absolute atomic E-state index is 0.0499. The highest BCUT2D eigenvalue weighted by Crippen LogP contribution is 2.15. The molecule has 0 saturated carbocycles. The highest BCUT2D eigenvalue weighted by Gasteiger charge is 2.04. The van der Waals surface area contributed by atoms with Crippen molar-refractivity contribution in [3.63, 3.8) is 0 Å². The van der Waals surface area contributed by atoms with Crippen LogP contribution in [-0.4, -0.2) is 18.2 Å². The van der Waals surface area contributed by atoms with E-state index in [2.05, 4.69) is 17.5 Å². The molecule has 116 valence electrons. The van der Waals surface area contributed by atoms with Crippen molar-refractivity contribution in [3.05, 3.63) is 51.7 Å². The number of nitrogens with zero attached hydrogens (tertiary/aromatic N) is 1. The quantitative estimate of drug-likeness (QED) is 0.654. The van der Waals surface area contributed by atoms with Gasteiger partial charge in [0.15, 0.2) is 6.61 Å². The van der Waals surface area contributed by atoms with E-state index in [0.717, 1.165) is 17.0 Å². The van der Waals surface area contributed by atoms with Gasteiger partial charge < -0.3 is 4.74 Å². The molecule has 0 fully saturated rings. The Morgan fingerprint density at radius 2 is 1.95 bits per heavy atom. The van der Waals surface area contributed by atoms with Crippen LogP contribution >= 0.6 is 11.3 Å². The van der Waals surface area contributed by atoms with Crippen LogP contribution in [0.3, 0.4) is 0 Å². The largest absolute Gasteiger partial charge is 0.484 e. The van der Waals surface area contributed by atoms with E-state index in [9.17, 15) is 4.79 Å². The van der Waals surface area contributed by atoms with Crippen LogP contribution in [0, 0.1) is 6.92 Å². The van der Waals surface area contributed by atoms with Gasteiger partial charge >= 0.3 is 0 Å². The maximum Gasteiger partial charge on any atom is 0.277 e. The minimum atomic E-state index is -0.271. The Morgan fingerprint density at radius 1 is 1.23 bits per heavy atom. The van der Waals surface area contributed by atoms with Crippen molar-refractivity contribution in [1.82, 2.24) is 5.43 Å². The van der Waals surface area contributed by atoms with E-state index in [-0.39, 0.29) is 12.5 Å². The molecule has 0 spiro atoms. The number of nitrogens with one attached hydrogen (secondary N) is 1. The van der Waals surface area contributed by atoms with Gasteiger partial charge in [-0.05, 0) is 50.1 Å². The molecule has 4 nitrogen and oxygen atoms in total. The molecule has 0 atom stereocenters. The number of aryl methyl sites for hydroxylation is 2. The van der Waals surface area contributed by atoms with Gasteiger partial charge in [-0.3, -0.25) is 4.79 Å². The molecule has 2 aromatic rings. The van der Waals surface area contributed by atoms with Gasteiger partial charge in [0.25, 0.3) is 5.91 Å². The molecule has 1 aromatic carbocycles. The van der Waals surface area contributed by atoms with Gasteiger partial charge in [-0.25, -0.2) is 5.43 Å². The fourth-order valence-electron chi connectivity index (χ4n) is 1.83. The molecule has 0 aliphatic carbocycles. The van der Waals surface area contributed by atoms with E-state index in [1.54, 1.807) is 11.3 Å². The minimum Gasteiger partial charge on any atom is -0.484 e. The maximum absolute atomic E-state index is 11.7. The highest BCUT2D eigenvalue weighted by atomic mass is 32.1. The first kappa shape index (κ1) is 16.2. The Morgan fingerprint density at radius 3 is 2.55 bits per heavy atom. The highest BCUT2D eigenvalue weighted by molar-refractivity contribution is 7.14. The van der Waals surface area contributed by atoms with Crippen LogP contribution in [0.4, 0.5) is 0 Å². The van der Waals surface area contributed by atoms with E-state index in [0.29, 0.717) is 5.75 Å². The summed E-state index contributed by atoms with van der Waals surface area (Å²) < 4.78 is 5.43. The maximum atomic E-state index is 11.7. The van der Waals surface area contributed by atoms with Gasteiger partial charge in [0, 0.05) is 4.88 Å².